The van der Waals surface area contributed by atoms with Crippen molar-refractivity contribution in [3.63, 3.8) is 0 Å². The zero-order valence-electron chi connectivity index (χ0n) is 9.62. The first-order chi connectivity index (χ1) is 7.40. The Kier molecular flexibility index (Phi) is 4.61. The Balaban J connectivity index is 0.000000531. The van der Waals surface area contributed by atoms with Gasteiger partial charge in [-0.2, -0.15) is 5.10 Å². The minimum Gasteiger partial charge on any atom is -0.278 e. The van der Waals surface area contributed by atoms with Crippen molar-refractivity contribution in [2.24, 2.45) is 0 Å². The van der Waals surface area contributed by atoms with Crippen LogP contribution >= 0.6 is 0 Å². The number of nitrogens with zero attached hydrogens (tertiary/aromatic N) is 1. The average molecular weight is 202 g/mol. The quantitative estimate of drug-likeness (QED) is 0.791. The molecule has 0 bridgehead atoms. The first-order valence-corrected chi connectivity index (χ1v) is 5.49. The van der Waals surface area contributed by atoms with Crippen LogP contribution in [0.5, 0.6) is 0 Å². The third-order valence-electron chi connectivity index (χ3n) is 2.15. The summed E-state index contributed by atoms with van der Waals surface area (Å²) in [6.45, 7) is 6.16. The van der Waals surface area contributed by atoms with Gasteiger partial charge in [-0.1, -0.05) is 39.0 Å². The predicted molar refractivity (Wildman–Crippen MR) is 64.7 cm³/mol. The van der Waals surface area contributed by atoms with Gasteiger partial charge in [-0.05, 0) is 29.7 Å². The summed E-state index contributed by atoms with van der Waals surface area (Å²) in [4.78, 5) is 0. The van der Waals surface area contributed by atoms with Crippen molar-refractivity contribution < 1.29 is 0 Å². The highest BCUT2D eigenvalue weighted by Crippen LogP contribution is 2.17. The molecule has 0 atom stereocenters. The monoisotopic (exact) mass is 202 g/mol. The Morgan fingerprint density at radius 3 is 2.60 bits per heavy atom. The number of aromatic nitrogens is 2. The van der Waals surface area contributed by atoms with E-state index in [1.54, 1.807) is 6.20 Å². The van der Waals surface area contributed by atoms with E-state index in [0.29, 0.717) is 0 Å². The van der Waals surface area contributed by atoms with Gasteiger partial charge in [-0.25, -0.2) is 0 Å². The molecule has 0 aliphatic heterocycles. The summed E-state index contributed by atoms with van der Waals surface area (Å²) in [5, 5.41) is 6.88. The third-order valence-corrected chi connectivity index (χ3v) is 2.15. The largest absolute Gasteiger partial charge is 0.278 e. The highest BCUT2D eigenvalue weighted by Gasteiger charge is 1.98. The molecular weight excluding hydrogens is 184 g/mol. The second kappa shape index (κ2) is 6.02. The fourth-order valence-corrected chi connectivity index (χ4v) is 1.38. The molecule has 1 aromatic heterocycles. The van der Waals surface area contributed by atoms with Crippen molar-refractivity contribution >= 4 is 0 Å². The number of hydrogen-bond donors (Lipinski definition) is 1. The molecule has 0 unspecified atom stereocenters. The van der Waals surface area contributed by atoms with E-state index >= 15 is 0 Å². The van der Waals surface area contributed by atoms with Crippen LogP contribution in [0.15, 0.2) is 36.5 Å². The van der Waals surface area contributed by atoms with Crippen molar-refractivity contribution in [1.29, 1.82) is 0 Å². The fourth-order valence-electron chi connectivity index (χ4n) is 1.38. The van der Waals surface area contributed by atoms with Gasteiger partial charge in [0.1, 0.15) is 0 Å². The fraction of sp³-hybridized carbons (Fsp3) is 0.308. The molecule has 80 valence electrons. The highest BCUT2D eigenvalue weighted by atomic mass is 15.1. The maximum absolute atomic E-state index is 3.93. The SMILES string of the molecule is CC.CCc1cccc(-c2ccn[nH]2)c1. The van der Waals surface area contributed by atoms with Crippen LogP contribution in [0.2, 0.25) is 0 Å². The van der Waals surface area contributed by atoms with Gasteiger partial charge in [0.25, 0.3) is 0 Å². The second-order valence-electron chi connectivity index (χ2n) is 3.02. The Morgan fingerprint density at radius 1 is 1.20 bits per heavy atom. The number of aromatic amines is 1. The van der Waals surface area contributed by atoms with Gasteiger partial charge in [0.15, 0.2) is 0 Å². The van der Waals surface area contributed by atoms with Gasteiger partial charge < -0.3 is 0 Å². The molecular formula is C13H18N2. The molecule has 1 aromatic carbocycles. The summed E-state index contributed by atoms with van der Waals surface area (Å²) in [7, 11) is 0. The number of rotatable bonds is 2. The molecule has 2 heteroatoms. The molecule has 0 radical (unpaired) electrons. The van der Waals surface area contributed by atoms with Gasteiger partial charge in [-0.15, -0.1) is 0 Å². The van der Waals surface area contributed by atoms with Crippen LogP contribution in [0.4, 0.5) is 0 Å². The van der Waals surface area contributed by atoms with Crippen LogP contribution in [0.3, 0.4) is 0 Å². The summed E-state index contributed by atoms with van der Waals surface area (Å²) in [6.07, 6.45) is 2.84. The van der Waals surface area contributed by atoms with E-state index in [4.69, 9.17) is 0 Å². The Labute approximate surface area is 91.4 Å². The van der Waals surface area contributed by atoms with E-state index in [9.17, 15) is 0 Å². The number of hydrogen-bond acceptors (Lipinski definition) is 1. The lowest BCUT2D eigenvalue weighted by molar-refractivity contribution is 1.09. The molecule has 0 aliphatic carbocycles. The van der Waals surface area contributed by atoms with Crippen molar-refractivity contribution in [2.75, 3.05) is 0 Å². The minimum atomic E-state index is 1.07. The molecule has 15 heavy (non-hydrogen) atoms. The number of aryl methyl sites for hydroxylation is 1. The normalized spacial score (nSPS) is 9.27. The van der Waals surface area contributed by atoms with E-state index in [2.05, 4.69) is 41.4 Å². The Hall–Kier alpha value is -1.57. The average Bonchev–Trinajstić information content (AvgIpc) is 2.85. The molecule has 1 heterocycles. The summed E-state index contributed by atoms with van der Waals surface area (Å²) in [5.41, 5.74) is 3.64. The van der Waals surface area contributed by atoms with E-state index in [-0.39, 0.29) is 0 Å². The maximum Gasteiger partial charge on any atom is 0.0650 e. The summed E-state index contributed by atoms with van der Waals surface area (Å²) < 4.78 is 0. The lowest BCUT2D eigenvalue weighted by Crippen LogP contribution is -1.82. The van der Waals surface area contributed by atoms with Gasteiger partial charge in [0.2, 0.25) is 0 Å². The molecule has 2 aromatic rings. The van der Waals surface area contributed by atoms with E-state index in [1.165, 1.54) is 11.1 Å². The first-order valence-electron chi connectivity index (χ1n) is 5.49. The zero-order valence-corrected chi connectivity index (χ0v) is 9.62. The second-order valence-corrected chi connectivity index (χ2v) is 3.02. The number of H-pyrrole nitrogens is 1. The van der Waals surface area contributed by atoms with Crippen LogP contribution in [-0.2, 0) is 6.42 Å². The first kappa shape index (κ1) is 11.5. The van der Waals surface area contributed by atoms with E-state index < -0.39 is 0 Å². The molecule has 0 aliphatic rings. The van der Waals surface area contributed by atoms with Crippen LogP contribution in [0, 0.1) is 0 Å². The van der Waals surface area contributed by atoms with Crippen LogP contribution in [0.25, 0.3) is 11.3 Å². The van der Waals surface area contributed by atoms with E-state index in [1.807, 2.05) is 19.9 Å². The van der Waals surface area contributed by atoms with Gasteiger partial charge in [-0.3, -0.25) is 5.10 Å². The molecule has 0 saturated heterocycles. The zero-order chi connectivity index (χ0) is 11.1. The van der Waals surface area contributed by atoms with Crippen LogP contribution in [-0.4, -0.2) is 10.2 Å². The Morgan fingerprint density at radius 2 is 2.00 bits per heavy atom. The van der Waals surface area contributed by atoms with Crippen molar-refractivity contribution in [1.82, 2.24) is 10.2 Å². The topological polar surface area (TPSA) is 28.7 Å². The van der Waals surface area contributed by atoms with Crippen LogP contribution in [0.1, 0.15) is 26.3 Å². The van der Waals surface area contributed by atoms with Crippen LogP contribution < -0.4 is 0 Å². The summed E-state index contributed by atoms with van der Waals surface area (Å²) >= 11 is 0. The third kappa shape index (κ3) is 2.94. The number of nitrogens with one attached hydrogen (secondary N) is 1. The maximum atomic E-state index is 3.93. The van der Waals surface area contributed by atoms with E-state index in [0.717, 1.165) is 12.1 Å². The van der Waals surface area contributed by atoms with Gasteiger partial charge in [0, 0.05) is 6.20 Å². The molecule has 0 saturated carbocycles. The summed E-state index contributed by atoms with van der Waals surface area (Å²) in [6, 6.07) is 10.5. The standard InChI is InChI=1S/C11H12N2.C2H6/c1-2-9-4-3-5-10(8-9)11-6-7-12-13-11;1-2/h3-8H,2H2,1H3,(H,12,13);1-2H3. The van der Waals surface area contributed by atoms with Gasteiger partial charge in [0.05, 0.1) is 5.69 Å². The minimum absolute atomic E-state index is 1.07. The lowest BCUT2D eigenvalue weighted by atomic mass is 10.1. The van der Waals surface area contributed by atoms with Gasteiger partial charge >= 0.3 is 0 Å². The highest BCUT2D eigenvalue weighted by molar-refractivity contribution is 5.59. The predicted octanol–water partition coefficient (Wildman–Crippen LogP) is 3.67. The Bertz CT molecular complexity index is 377. The smallest absolute Gasteiger partial charge is 0.0650 e. The lowest BCUT2D eigenvalue weighted by Gasteiger charge is -2.00. The van der Waals surface area contributed by atoms with Crippen molar-refractivity contribution in [2.45, 2.75) is 27.2 Å². The summed E-state index contributed by atoms with van der Waals surface area (Å²) in [5.74, 6) is 0. The molecule has 0 fully saturated rings. The molecule has 2 nitrogen and oxygen atoms in total. The molecule has 2 rings (SSSR count). The molecule has 0 amide bonds. The molecule has 1 N–H and O–H groups in total. The van der Waals surface area contributed by atoms with Crippen molar-refractivity contribution in [3.8, 4) is 11.3 Å². The molecule has 0 spiro atoms. The van der Waals surface area contributed by atoms with Crippen molar-refractivity contribution in [3.05, 3.63) is 42.1 Å². The number of benzene rings is 1.